The predicted octanol–water partition coefficient (Wildman–Crippen LogP) is 3.77. The Hall–Kier alpha value is -0.750. The van der Waals surface area contributed by atoms with Crippen molar-refractivity contribution in [1.82, 2.24) is 9.88 Å². The Morgan fingerprint density at radius 3 is 2.80 bits per heavy atom. The Morgan fingerprint density at radius 1 is 1.40 bits per heavy atom. The lowest BCUT2D eigenvalue weighted by Gasteiger charge is -2.18. The van der Waals surface area contributed by atoms with E-state index in [0.717, 1.165) is 33.8 Å². The van der Waals surface area contributed by atoms with Crippen LogP contribution in [0.2, 0.25) is 0 Å². The summed E-state index contributed by atoms with van der Waals surface area (Å²) in [5.41, 5.74) is 2.05. The summed E-state index contributed by atoms with van der Waals surface area (Å²) in [5, 5.41) is 13.4. The molecule has 1 aromatic carbocycles. The third-order valence-corrected chi connectivity index (χ3v) is 4.69. The molecule has 20 heavy (non-hydrogen) atoms. The van der Waals surface area contributed by atoms with E-state index in [9.17, 15) is 5.11 Å². The zero-order valence-electron chi connectivity index (χ0n) is 11.7. The first-order chi connectivity index (χ1) is 9.56. The van der Waals surface area contributed by atoms with Crippen molar-refractivity contribution in [2.75, 3.05) is 13.6 Å². The third-order valence-electron chi connectivity index (χ3n) is 3.15. The van der Waals surface area contributed by atoms with E-state index in [2.05, 4.69) is 38.2 Å². The number of thiazole rings is 1. The van der Waals surface area contributed by atoms with Gasteiger partial charge >= 0.3 is 0 Å². The maximum absolute atomic E-state index is 10.3. The van der Waals surface area contributed by atoms with Crippen molar-refractivity contribution < 1.29 is 5.11 Å². The second kappa shape index (κ2) is 7.31. The molecule has 1 atom stereocenters. The summed E-state index contributed by atoms with van der Waals surface area (Å²) in [6.45, 7) is 3.68. The number of aliphatic hydroxyl groups is 1. The summed E-state index contributed by atoms with van der Waals surface area (Å²) in [5.74, 6) is 0. The van der Waals surface area contributed by atoms with Gasteiger partial charge < -0.3 is 10.0 Å². The van der Waals surface area contributed by atoms with Gasteiger partial charge in [0, 0.05) is 22.9 Å². The lowest BCUT2D eigenvalue weighted by atomic mass is 10.1. The van der Waals surface area contributed by atoms with Crippen molar-refractivity contribution in [2.45, 2.75) is 26.0 Å². The molecule has 1 aromatic heterocycles. The van der Waals surface area contributed by atoms with Crippen molar-refractivity contribution in [1.29, 1.82) is 0 Å². The molecule has 1 N–H and O–H groups in total. The quantitative estimate of drug-likeness (QED) is 0.857. The van der Waals surface area contributed by atoms with Gasteiger partial charge in [0.05, 0.1) is 16.8 Å². The van der Waals surface area contributed by atoms with Crippen LogP contribution in [0.5, 0.6) is 0 Å². The number of rotatable bonds is 6. The Bertz CT molecular complexity index is 558. The van der Waals surface area contributed by atoms with E-state index in [1.807, 2.05) is 31.2 Å². The van der Waals surface area contributed by atoms with Gasteiger partial charge in [-0.15, -0.1) is 11.3 Å². The molecule has 0 saturated heterocycles. The molecule has 0 fully saturated rings. The number of benzene rings is 1. The summed E-state index contributed by atoms with van der Waals surface area (Å²) < 4.78 is 0.963. The number of aromatic nitrogens is 1. The van der Waals surface area contributed by atoms with E-state index in [1.54, 1.807) is 11.3 Å². The first kappa shape index (κ1) is 15.6. The summed E-state index contributed by atoms with van der Waals surface area (Å²) in [7, 11) is 2.06. The highest BCUT2D eigenvalue weighted by molar-refractivity contribution is 9.10. The van der Waals surface area contributed by atoms with E-state index in [1.165, 1.54) is 0 Å². The smallest absolute Gasteiger partial charge is 0.0897 e. The summed E-state index contributed by atoms with van der Waals surface area (Å²) in [6.07, 6.45) is 0.271. The maximum Gasteiger partial charge on any atom is 0.0897 e. The van der Waals surface area contributed by atoms with Gasteiger partial charge in [0.15, 0.2) is 0 Å². The third kappa shape index (κ3) is 4.38. The van der Waals surface area contributed by atoms with Gasteiger partial charge in [-0.2, -0.15) is 0 Å². The number of aryl methyl sites for hydroxylation is 1. The first-order valence-electron chi connectivity index (χ1n) is 6.58. The van der Waals surface area contributed by atoms with Crippen LogP contribution < -0.4 is 0 Å². The fourth-order valence-corrected chi connectivity index (χ4v) is 3.23. The Morgan fingerprint density at radius 2 is 2.15 bits per heavy atom. The Kier molecular flexibility index (Phi) is 5.72. The van der Waals surface area contributed by atoms with E-state index >= 15 is 0 Å². The summed E-state index contributed by atoms with van der Waals surface area (Å²) >= 11 is 5.15. The van der Waals surface area contributed by atoms with Gasteiger partial charge in [-0.1, -0.05) is 34.1 Å². The van der Waals surface area contributed by atoms with Gasteiger partial charge in [0.1, 0.15) is 0 Å². The zero-order chi connectivity index (χ0) is 14.5. The second-order valence-corrected chi connectivity index (χ2v) is 6.84. The molecule has 1 unspecified atom stereocenters. The second-order valence-electron chi connectivity index (χ2n) is 4.92. The highest BCUT2D eigenvalue weighted by atomic mass is 79.9. The lowest BCUT2D eigenvalue weighted by Crippen LogP contribution is -2.21. The molecule has 2 aromatic rings. The van der Waals surface area contributed by atoms with Gasteiger partial charge in [-0.25, -0.2) is 4.98 Å². The van der Waals surface area contributed by atoms with Crippen LogP contribution in [-0.2, 0) is 6.54 Å². The SMILES string of the molecule is Cc1nc(CN(C)CCC(O)c2ccccc2Br)cs1. The fraction of sp³-hybridized carbons (Fsp3) is 0.400. The van der Waals surface area contributed by atoms with Crippen LogP contribution in [0.3, 0.4) is 0 Å². The molecule has 0 amide bonds. The van der Waals surface area contributed by atoms with Crippen LogP contribution in [0.25, 0.3) is 0 Å². The van der Waals surface area contributed by atoms with Crippen LogP contribution in [0.4, 0.5) is 0 Å². The molecule has 0 aliphatic rings. The average molecular weight is 355 g/mol. The summed E-state index contributed by atoms with van der Waals surface area (Å²) in [4.78, 5) is 6.65. The topological polar surface area (TPSA) is 36.4 Å². The van der Waals surface area contributed by atoms with Gasteiger partial charge in [0.25, 0.3) is 0 Å². The van der Waals surface area contributed by atoms with Crippen molar-refractivity contribution in [3.63, 3.8) is 0 Å². The van der Waals surface area contributed by atoms with Crippen LogP contribution in [0, 0.1) is 6.92 Å². The average Bonchev–Trinajstić information content (AvgIpc) is 2.82. The number of hydrogen-bond acceptors (Lipinski definition) is 4. The molecule has 5 heteroatoms. The predicted molar refractivity (Wildman–Crippen MR) is 86.9 cm³/mol. The van der Waals surface area contributed by atoms with Crippen LogP contribution in [0.15, 0.2) is 34.1 Å². The largest absolute Gasteiger partial charge is 0.388 e. The zero-order valence-corrected chi connectivity index (χ0v) is 14.1. The number of nitrogens with zero attached hydrogens (tertiary/aromatic N) is 2. The van der Waals surface area contributed by atoms with Crippen molar-refractivity contribution in [3.8, 4) is 0 Å². The van der Waals surface area contributed by atoms with E-state index in [-0.39, 0.29) is 0 Å². The number of aliphatic hydroxyl groups excluding tert-OH is 1. The molecule has 0 aliphatic heterocycles. The molecular weight excluding hydrogens is 336 g/mol. The van der Waals surface area contributed by atoms with Gasteiger partial charge in [-0.3, -0.25) is 0 Å². The molecule has 0 spiro atoms. The lowest BCUT2D eigenvalue weighted by molar-refractivity contribution is 0.147. The molecule has 0 bridgehead atoms. The van der Waals surface area contributed by atoms with Crippen LogP contribution in [0.1, 0.15) is 28.8 Å². The normalized spacial score (nSPS) is 12.8. The van der Waals surface area contributed by atoms with Crippen molar-refractivity contribution in [2.24, 2.45) is 0 Å². The van der Waals surface area contributed by atoms with E-state index in [4.69, 9.17) is 0 Å². The first-order valence-corrected chi connectivity index (χ1v) is 8.25. The standard InChI is InChI=1S/C15H19BrN2OS/c1-11-17-12(10-20-11)9-18(2)8-7-15(19)13-5-3-4-6-14(13)16/h3-6,10,15,19H,7-9H2,1-2H3. The molecule has 0 radical (unpaired) electrons. The van der Waals surface area contributed by atoms with E-state index < -0.39 is 6.10 Å². The molecule has 3 nitrogen and oxygen atoms in total. The number of halogens is 1. The van der Waals surface area contributed by atoms with Crippen LogP contribution >= 0.6 is 27.3 Å². The molecule has 108 valence electrons. The molecule has 0 saturated carbocycles. The molecule has 2 rings (SSSR count). The van der Waals surface area contributed by atoms with Gasteiger partial charge in [0.2, 0.25) is 0 Å². The van der Waals surface area contributed by atoms with Crippen LogP contribution in [-0.4, -0.2) is 28.6 Å². The Balaban J connectivity index is 1.84. The minimum atomic E-state index is -0.440. The van der Waals surface area contributed by atoms with E-state index in [0.29, 0.717) is 6.42 Å². The van der Waals surface area contributed by atoms with Gasteiger partial charge in [-0.05, 0) is 32.0 Å². The fourth-order valence-electron chi connectivity index (χ4n) is 2.08. The highest BCUT2D eigenvalue weighted by Crippen LogP contribution is 2.25. The minimum Gasteiger partial charge on any atom is -0.388 e. The Labute approximate surface area is 132 Å². The van der Waals surface area contributed by atoms with Crippen molar-refractivity contribution >= 4 is 27.3 Å². The van der Waals surface area contributed by atoms with Crippen molar-refractivity contribution in [3.05, 3.63) is 50.4 Å². The molecule has 1 heterocycles. The molecular formula is C15H19BrN2OS. The highest BCUT2D eigenvalue weighted by Gasteiger charge is 2.12. The maximum atomic E-state index is 10.3. The number of hydrogen-bond donors (Lipinski definition) is 1. The summed E-state index contributed by atoms with van der Waals surface area (Å²) in [6, 6.07) is 7.82. The minimum absolute atomic E-state index is 0.440. The molecule has 0 aliphatic carbocycles. The monoisotopic (exact) mass is 354 g/mol.